The number of hydrogen-bond donors (Lipinski definition) is 1. The second kappa shape index (κ2) is 6.78. The summed E-state index contributed by atoms with van der Waals surface area (Å²) in [5.74, 6) is 0.0615. The van der Waals surface area contributed by atoms with Crippen molar-refractivity contribution in [3.63, 3.8) is 0 Å². The van der Waals surface area contributed by atoms with E-state index >= 15 is 0 Å². The van der Waals surface area contributed by atoms with Gasteiger partial charge in [-0.1, -0.05) is 44.9 Å². The molecule has 1 saturated heterocycles. The van der Waals surface area contributed by atoms with Crippen LogP contribution < -0.4 is 5.32 Å². The van der Waals surface area contributed by atoms with Gasteiger partial charge in [-0.3, -0.25) is 9.59 Å². The fraction of sp³-hybridized carbons (Fsp3) is 0.692. The molecule has 0 bridgehead atoms. The SMILES string of the molecule is CCC1NC(=O)C(C(C)CC)N(C/C=C/Cl)C1=O. The van der Waals surface area contributed by atoms with E-state index in [1.165, 1.54) is 5.54 Å². The van der Waals surface area contributed by atoms with Gasteiger partial charge in [0.25, 0.3) is 0 Å². The Hall–Kier alpha value is -1.03. The van der Waals surface area contributed by atoms with Crippen LogP contribution in [0.2, 0.25) is 0 Å². The van der Waals surface area contributed by atoms with Crippen molar-refractivity contribution < 1.29 is 9.59 Å². The van der Waals surface area contributed by atoms with Crippen LogP contribution in [0.3, 0.4) is 0 Å². The molecule has 0 aromatic heterocycles. The van der Waals surface area contributed by atoms with Gasteiger partial charge in [0.15, 0.2) is 0 Å². The van der Waals surface area contributed by atoms with Gasteiger partial charge in [-0.2, -0.15) is 0 Å². The van der Waals surface area contributed by atoms with Gasteiger partial charge >= 0.3 is 0 Å². The molecule has 1 rings (SSSR count). The molecule has 3 atom stereocenters. The molecule has 0 saturated carbocycles. The molecule has 0 spiro atoms. The van der Waals surface area contributed by atoms with Gasteiger partial charge in [0.05, 0.1) is 0 Å². The number of carbonyl (C=O) groups excluding carboxylic acids is 2. The average Bonchev–Trinajstić information content (AvgIpc) is 2.38. The summed E-state index contributed by atoms with van der Waals surface area (Å²) in [5.41, 5.74) is 1.38. The Kier molecular flexibility index (Phi) is 5.66. The normalized spacial score (nSPS) is 26.6. The third-order valence-corrected chi connectivity index (χ3v) is 3.66. The predicted molar refractivity (Wildman–Crippen MR) is 72.2 cm³/mol. The largest absolute Gasteiger partial charge is 0.343 e. The highest BCUT2D eigenvalue weighted by atomic mass is 35.5. The molecular weight excluding hydrogens is 252 g/mol. The van der Waals surface area contributed by atoms with Crippen molar-refractivity contribution >= 4 is 23.4 Å². The van der Waals surface area contributed by atoms with E-state index in [9.17, 15) is 9.59 Å². The van der Waals surface area contributed by atoms with Crippen molar-refractivity contribution in [3.05, 3.63) is 11.6 Å². The van der Waals surface area contributed by atoms with Crippen LogP contribution in [0.15, 0.2) is 11.6 Å². The summed E-state index contributed by atoms with van der Waals surface area (Å²) in [7, 11) is 0. The zero-order valence-electron chi connectivity index (χ0n) is 11.1. The van der Waals surface area contributed by atoms with Gasteiger partial charge in [-0.15, -0.1) is 0 Å². The summed E-state index contributed by atoms with van der Waals surface area (Å²) in [4.78, 5) is 26.0. The summed E-state index contributed by atoms with van der Waals surface area (Å²) in [5, 5.41) is 2.80. The van der Waals surface area contributed by atoms with Crippen LogP contribution in [-0.2, 0) is 9.59 Å². The zero-order chi connectivity index (χ0) is 13.7. The van der Waals surface area contributed by atoms with Crippen molar-refractivity contribution in [3.8, 4) is 0 Å². The molecule has 1 aliphatic heterocycles. The first kappa shape index (κ1) is 15.0. The highest BCUT2D eigenvalue weighted by Gasteiger charge is 2.41. The number of nitrogens with zero attached hydrogens (tertiary/aromatic N) is 1. The summed E-state index contributed by atoms with van der Waals surface area (Å²) >= 11 is 5.52. The van der Waals surface area contributed by atoms with Crippen LogP contribution in [-0.4, -0.2) is 35.3 Å². The number of halogens is 1. The maximum absolute atomic E-state index is 12.3. The second-order valence-electron chi connectivity index (χ2n) is 4.65. The lowest BCUT2D eigenvalue weighted by atomic mass is 9.93. The molecule has 0 aliphatic carbocycles. The van der Waals surface area contributed by atoms with Crippen molar-refractivity contribution in [1.29, 1.82) is 0 Å². The summed E-state index contributed by atoms with van der Waals surface area (Å²) < 4.78 is 0. The Balaban J connectivity index is 2.97. The van der Waals surface area contributed by atoms with E-state index in [1.54, 1.807) is 11.0 Å². The Morgan fingerprint density at radius 3 is 2.61 bits per heavy atom. The molecular formula is C13H21ClN2O2. The molecule has 4 nitrogen and oxygen atoms in total. The number of nitrogens with one attached hydrogen (secondary N) is 1. The molecule has 1 fully saturated rings. The lowest BCUT2D eigenvalue weighted by Crippen LogP contribution is -2.64. The van der Waals surface area contributed by atoms with Gasteiger partial charge in [0.1, 0.15) is 12.1 Å². The van der Waals surface area contributed by atoms with E-state index in [4.69, 9.17) is 11.6 Å². The minimum absolute atomic E-state index is 0.0165. The van der Waals surface area contributed by atoms with Crippen molar-refractivity contribution in [2.24, 2.45) is 5.92 Å². The lowest BCUT2D eigenvalue weighted by molar-refractivity contribution is -0.150. The Morgan fingerprint density at radius 1 is 1.44 bits per heavy atom. The third kappa shape index (κ3) is 3.05. The van der Waals surface area contributed by atoms with Crippen LogP contribution >= 0.6 is 11.6 Å². The molecule has 3 unspecified atom stereocenters. The van der Waals surface area contributed by atoms with E-state index < -0.39 is 12.1 Å². The minimum atomic E-state index is -0.401. The van der Waals surface area contributed by atoms with Crippen LogP contribution in [0.1, 0.15) is 33.6 Å². The summed E-state index contributed by atoms with van der Waals surface area (Å²) in [6.07, 6.45) is 3.16. The zero-order valence-corrected chi connectivity index (χ0v) is 11.9. The molecule has 0 aromatic carbocycles. The van der Waals surface area contributed by atoms with E-state index in [0.717, 1.165) is 6.42 Å². The first-order valence-corrected chi connectivity index (χ1v) is 6.86. The van der Waals surface area contributed by atoms with E-state index in [0.29, 0.717) is 13.0 Å². The molecule has 0 radical (unpaired) electrons. The molecule has 2 amide bonds. The highest BCUT2D eigenvalue weighted by Crippen LogP contribution is 2.21. The van der Waals surface area contributed by atoms with Crippen LogP contribution in [0.4, 0.5) is 0 Å². The van der Waals surface area contributed by atoms with Gasteiger partial charge in [-0.05, 0) is 12.3 Å². The minimum Gasteiger partial charge on any atom is -0.343 e. The van der Waals surface area contributed by atoms with E-state index in [1.807, 2.05) is 20.8 Å². The van der Waals surface area contributed by atoms with E-state index in [2.05, 4.69) is 5.32 Å². The first-order valence-electron chi connectivity index (χ1n) is 6.42. The molecule has 0 aromatic rings. The van der Waals surface area contributed by atoms with Crippen molar-refractivity contribution in [2.45, 2.75) is 45.7 Å². The smallest absolute Gasteiger partial charge is 0.246 e. The second-order valence-corrected chi connectivity index (χ2v) is 4.90. The van der Waals surface area contributed by atoms with Gasteiger partial charge in [0, 0.05) is 12.1 Å². The van der Waals surface area contributed by atoms with Gasteiger partial charge < -0.3 is 10.2 Å². The standard InChI is InChI=1S/C13H21ClN2O2/c1-4-9(3)11-12(17)15-10(5-2)13(18)16(11)8-6-7-14/h6-7,9-11H,4-5,8H2,1-3H3,(H,15,17)/b7-6+. The number of hydrogen-bond acceptors (Lipinski definition) is 2. The Bertz CT molecular complexity index is 344. The summed E-state index contributed by atoms with van der Waals surface area (Å²) in [6.45, 7) is 6.29. The molecule has 1 heterocycles. The first-order chi connectivity index (χ1) is 8.56. The monoisotopic (exact) mass is 272 g/mol. The fourth-order valence-corrected chi connectivity index (χ4v) is 2.30. The molecule has 5 heteroatoms. The number of rotatable bonds is 5. The van der Waals surface area contributed by atoms with E-state index in [-0.39, 0.29) is 17.7 Å². The number of carbonyl (C=O) groups is 2. The third-order valence-electron chi connectivity index (χ3n) is 3.48. The van der Waals surface area contributed by atoms with Crippen LogP contribution in [0, 0.1) is 5.92 Å². The molecule has 1 aliphatic rings. The van der Waals surface area contributed by atoms with Crippen molar-refractivity contribution in [2.75, 3.05) is 6.54 Å². The maximum atomic E-state index is 12.3. The molecule has 1 N–H and O–H groups in total. The fourth-order valence-electron chi connectivity index (χ4n) is 2.22. The Morgan fingerprint density at radius 2 is 2.11 bits per heavy atom. The lowest BCUT2D eigenvalue weighted by Gasteiger charge is -2.40. The predicted octanol–water partition coefficient (Wildman–Crippen LogP) is 1.89. The average molecular weight is 273 g/mol. The van der Waals surface area contributed by atoms with Crippen molar-refractivity contribution in [1.82, 2.24) is 10.2 Å². The van der Waals surface area contributed by atoms with Crippen LogP contribution in [0.5, 0.6) is 0 Å². The van der Waals surface area contributed by atoms with Gasteiger partial charge in [-0.25, -0.2) is 0 Å². The van der Waals surface area contributed by atoms with Crippen LogP contribution in [0.25, 0.3) is 0 Å². The number of amides is 2. The molecule has 18 heavy (non-hydrogen) atoms. The molecule has 102 valence electrons. The quantitative estimate of drug-likeness (QED) is 0.831. The highest BCUT2D eigenvalue weighted by molar-refractivity contribution is 6.25. The summed E-state index contributed by atoms with van der Waals surface area (Å²) in [6, 6.07) is -0.792. The number of piperazine rings is 1. The topological polar surface area (TPSA) is 49.4 Å². The maximum Gasteiger partial charge on any atom is 0.246 e. The van der Waals surface area contributed by atoms with Gasteiger partial charge in [0.2, 0.25) is 11.8 Å². The Labute approximate surface area is 113 Å².